The Morgan fingerprint density at radius 1 is 1.30 bits per heavy atom. The van der Waals surface area contributed by atoms with Gasteiger partial charge in [0, 0.05) is 18.1 Å². The molecular weight excluding hydrogens is 397 g/mol. The quantitative estimate of drug-likeness (QED) is 0.563. The number of rotatable bonds is 5. The highest BCUT2D eigenvalue weighted by molar-refractivity contribution is 6.35. The van der Waals surface area contributed by atoms with Crippen molar-refractivity contribution in [3.8, 4) is 0 Å². The third-order valence-corrected chi connectivity index (χ3v) is 4.88. The lowest BCUT2D eigenvalue weighted by Gasteiger charge is -2.30. The maximum absolute atomic E-state index is 11.7. The van der Waals surface area contributed by atoms with Crippen molar-refractivity contribution in [1.82, 2.24) is 9.97 Å². The second kappa shape index (κ2) is 7.93. The predicted octanol–water partition coefficient (Wildman–Crippen LogP) is 3.74. The van der Waals surface area contributed by atoms with E-state index >= 15 is 0 Å². The molecule has 0 radical (unpaired) electrons. The highest BCUT2D eigenvalue weighted by Gasteiger charge is 2.31. The fraction of sp³-hybridized carbons (Fsp3) is 0.312. The molecule has 2 N–H and O–H groups in total. The Bertz CT molecular complexity index is 887. The van der Waals surface area contributed by atoms with Crippen molar-refractivity contribution in [2.75, 3.05) is 23.3 Å². The van der Waals surface area contributed by atoms with E-state index in [0.717, 1.165) is 0 Å². The van der Waals surface area contributed by atoms with Crippen LogP contribution in [0.2, 0.25) is 10.0 Å². The number of benzene rings is 1. The number of piperidine rings is 1. The first-order valence-corrected chi connectivity index (χ1v) is 8.81. The molecule has 0 spiro atoms. The number of anilines is 3. The highest BCUT2D eigenvalue weighted by atomic mass is 35.5. The number of hydrogen-bond acceptors (Lipinski definition) is 7. The number of nitrogens with zero attached hydrogens (tertiary/aromatic N) is 4. The second-order valence-electron chi connectivity index (χ2n) is 6.00. The molecule has 1 aliphatic heterocycles. The standard InChI is InChI=1S/C16H15Cl2N5O4/c17-10-1-2-11(18)12(7-10)21-14-13(23(26)27)15(20-8-19-14)22-5-3-9(4-6-22)16(24)25/h1-2,7-9H,3-6H2,(H,24,25)(H,19,20,21). The summed E-state index contributed by atoms with van der Waals surface area (Å²) < 4.78 is 0. The van der Waals surface area contributed by atoms with Crippen LogP contribution in [-0.2, 0) is 4.79 Å². The van der Waals surface area contributed by atoms with Crippen molar-refractivity contribution < 1.29 is 14.8 Å². The topological polar surface area (TPSA) is 121 Å². The van der Waals surface area contributed by atoms with E-state index in [-0.39, 0.29) is 17.3 Å². The average Bonchev–Trinajstić information content (AvgIpc) is 2.64. The van der Waals surface area contributed by atoms with Crippen LogP contribution in [0.1, 0.15) is 12.8 Å². The Labute approximate surface area is 164 Å². The fourth-order valence-corrected chi connectivity index (χ4v) is 3.26. The molecule has 2 heterocycles. The molecule has 1 saturated heterocycles. The van der Waals surface area contributed by atoms with Crippen molar-refractivity contribution in [2.45, 2.75) is 12.8 Å². The molecule has 9 nitrogen and oxygen atoms in total. The van der Waals surface area contributed by atoms with Crippen LogP contribution >= 0.6 is 23.2 Å². The van der Waals surface area contributed by atoms with Crippen LogP contribution in [0.5, 0.6) is 0 Å². The van der Waals surface area contributed by atoms with E-state index in [1.54, 1.807) is 17.0 Å². The SMILES string of the molecule is O=C(O)C1CCN(c2ncnc(Nc3cc(Cl)ccc3Cl)c2[N+](=O)[O-])CC1. The number of hydrogen-bond donors (Lipinski definition) is 2. The van der Waals surface area contributed by atoms with Gasteiger partial charge in [-0.15, -0.1) is 0 Å². The van der Waals surface area contributed by atoms with Crippen molar-refractivity contribution in [3.63, 3.8) is 0 Å². The molecule has 11 heteroatoms. The van der Waals surface area contributed by atoms with Gasteiger partial charge in [-0.3, -0.25) is 14.9 Å². The summed E-state index contributed by atoms with van der Waals surface area (Å²) in [5, 5.41) is 24.4. The number of nitrogens with one attached hydrogen (secondary N) is 1. The molecule has 1 fully saturated rings. The van der Waals surface area contributed by atoms with E-state index < -0.39 is 16.8 Å². The first-order valence-electron chi connectivity index (χ1n) is 8.06. The Balaban J connectivity index is 1.93. The molecule has 0 unspecified atom stereocenters. The number of aromatic nitrogens is 2. The van der Waals surface area contributed by atoms with E-state index in [1.807, 2.05) is 0 Å². The van der Waals surface area contributed by atoms with Gasteiger partial charge in [0.05, 0.1) is 21.6 Å². The van der Waals surface area contributed by atoms with Crippen LogP contribution < -0.4 is 10.2 Å². The summed E-state index contributed by atoms with van der Waals surface area (Å²) in [6, 6.07) is 4.70. The average molecular weight is 412 g/mol. The number of halogens is 2. The molecule has 0 saturated carbocycles. The maximum Gasteiger partial charge on any atom is 0.353 e. The molecule has 1 aliphatic rings. The van der Waals surface area contributed by atoms with Crippen molar-refractivity contribution >= 4 is 52.2 Å². The maximum atomic E-state index is 11.7. The number of carboxylic acid groups (broad SMARTS) is 1. The van der Waals surface area contributed by atoms with E-state index in [0.29, 0.717) is 41.7 Å². The number of carbonyl (C=O) groups is 1. The van der Waals surface area contributed by atoms with Gasteiger partial charge in [-0.25, -0.2) is 9.97 Å². The summed E-state index contributed by atoms with van der Waals surface area (Å²) in [5.74, 6) is -1.19. The summed E-state index contributed by atoms with van der Waals surface area (Å²) >= 11 is 12.1. The summed E-state index contributed by atoms with van der Waals surface area (Å²) in [6.45, 7) is 0.707. The van der Waals surface area contributed by atoms with Crippen molar-refractivity contribution in [1.29, 1.82) is 0 Å². The second-order valence-corrected chi connectivity index (χ2v) is 6.84. The molecule has 0 amide bonds. The minimum Gasteiger partial charge on any atom is -0.481 e. The molecule has 1 aromatic carbocycles. The molecule has 0 aliphatic carbocycles. The van der Waals surface area contributed by atoms with Gasteiger partial charge in [0.15, 0.2) is 0 Å². The molecule has 3 rings (SSSR count). The summed E-state index contributed by atoms with van der Waals surface area (Å²) in [5.41, 5.74) is 0.0730. The van der Waals surface area contributed by atoms with Crippen LogP contribution in [0, 0.1) is 16.0 Å². The zero-order valence-corrected chi connectivity index (χ0v) is 15.4. The number of aliphatic carboxylic acids is 1. The normalized spacial score (nSPS) is 14.8. The lowest BCUT2D eigenvalue weighted by Crippen LogP contribution is -2.37. The highest BCUT2D eigenvalue weighted by Crippen LogP contribution is 2.37. The van der Waals surface area contributed by atoms with Crippen LogP contribution in [0.4, 0.5) is 23.0 Å². The van der Waals surface area contributed by atoms with Crippen LogP contribution in [0.25, 0.3) is 0 Å². The van der Waals surface area contributed by atoms with E-state index in [4.69, 9.17) is 28.3 Å². The van der Waals surface area contributed by atoms with E-state index in [2.05, 4.69) is 15.3 Å². The molecule has 0 atom stereocenters. The van der Waals surface area contributed by atoms with E-state index in [1.165, 1.54) is 12.4 Å². The van der Waals surface area contributed by atoms with Crippen LogP contribution in [0.15, 0.2) is 24.5 Å². The largest absolute Gasteiger partial charge is 0.481 e. The minimum atomic E-state index is -0.857. The summed E-state index contributed by atoms with van der Waals surface area (Å²) in [4.78, 5) is 32.0. The third-order valence-electron chi connectivity index (χ3n) is 4.31. The smallest absolute Gasteiger partial charge is 0.353 e. The summed E-state index contributed by atoms with van der Waals surface area (Å²) in [6.07, 6.45) is 1.99. The first kappa shape index (κ1) is 19.1. The lowest BCUT2D eigenvalue weighted by molar-refractivity contribution is -0.383. The Hall–Kier alpha value is -2.65. The Kier molecular flexibility index (Phi) is 5.62. The fourth-order valence-electron chi connectivity index (χ4n) is 2.92. The molecule has 27 heavy (non-hydrogen) atoms. The molecular formula is C16H15Cl2N5O4. The predicted molar refractivity (Wildman–Crippen MR) is 101 cm³/mol. The molecule has 142 valence electrons. The van der Waals surface area contributed by atoms with Gasteiger partial charge in [-0.05, 0) is 31.0 Å². The van der Waals surface area contributed by atoms with Gasteiger partial charge in [0.1, 0.15) is 6.33 Å². The zero-order chi connectivity index (χ0) is 19.6. The van der Waals surface area contributed by atoms with Gasteiger partial charge in [-0.2, -0.15) is 0 Å². The van der Waals surface area contributed by atoms with Gasteiger partial charge < -0.3 is 15.3 Å². The Morgan fingerprint density at radius 2 is 2.00 bits per heavy atom. The van der Waals surface area contributed by atoms with Gasteiger partial charge >= 0.3 is 11.7 Å². The molecule has 1 aromatic heterocycles. The Morgan fingerprint density at radius 3 is 2.63 bits per heavy atom. The minimum absolute atomic E-state index is 0.0190. The summed E-state index contributed by atoms with van der Waals surface area (Å²) in [7, 11) is 0. The van der Waals surface area contributed by atoms with Gasteiger partial charge in [0.25, 0.3) is 0 Å². The first-order chi connectivity index (χ1) is 12.9. The third kappa shape index (κ3) is 4.20. The van der Waals surface area contributed by atoms with Crippen molar-refractivity contribution in [3.05, 3.63) is 44.7 Å². The van der Waals surface area contributed by atoms with Crippen LogP contribution in [-0.4, -0.2) is 39.1 Å². The zero-order valence-electron chi connectivity index (χ0n) is 13.9. The number of nitro groups is 1. The number of carboxylic acids is 1. The monoisotopic (exact) mass is 411 g/mol. The van der Waals surface area contributed by atoms with E-state index in [9.17, 15) is 14.9 Å². The van der Waals surface area contributed by atoms with Crippen molar-refractivity contribution in [2.24, 2.45) is 5.92 Å². The molecule has 2 aromatic rings. The molecule has 0 bridgehead atoms. The lowest BCUT2D eigenvalue weighted by atomic mass is 9.97. The van der Waals surface area contributed by atoms with Gasteiger partial charge in [0.2, 0.25) is 11.6 Å². The van der Waals surface area contributed by atoms with Crippen LogP contribution in [0.3, 0.4) is 0 Å². The van der Waals surface area contributed by atoms with Gasteiger partial charge in [-0.1, -0.05) is 23.2 Å².